The summed E-state index contributed by atoms with van der Waals surface area (Å²) in [5.41, 5.74) is 4.26. The number of benzene rings is 2. The maximum absolute atomic E-state index is 11.6. The Hall–Kier alpha value is -3.71. The average Bonchev–Trinajstić information content (AvgIpc) is 3.51. The molecule has 2 atom stereocenters. The van der Waals surface area contributed by atoms with Crippen LogP contribution in [0.25, 0.3) is 6.08 Å². The van der Waals surface area contributed by atoms with E-state index in [4.69, 9.17) is 19.3 Å². The van der Waals surface area contributed by atoms with E-state index in [9.17, 15) is 9.90 Å². The molecule has 0 fully saturated rings. The Morgan fingerprint density at radius 1 is 1.06 bits per heavy atom. The summed E-state index contributed by atoms with van der Waals surface area (Å²) >= 11 is 0. The number of nitrogens with zero attached hydrogens (tertiary/aromatic N) is 1. The molecule has 0 aliphatic heterocycles. The summed E-state index contributed by atoms with van der Waals surface area (Å²) in [7, 11) is 4.68. The van der Waals surface area contributed by atoms with Crippen LogP contribution in [0.15, 0.2) is 60.9 Å². The molecule has 4 rings (SSSR count). The molecule has 1 aromatic heterocycles. The SMILES string of the molecule is COc1cc([C@@H](O)[C@@H](CC2Cc3ccccc3C2)Cn2ccc(C=CC(=O)O)c2)cc(OC)c1OC. The van der Waals surface area contributed by atoms with E-state index in [-0.39, 0.29) is 5.92 Å². The Labute approximate surface area is 211 Å². The van der Waals surface area contributed by atoms with Crippen LogP contribution in [0.2, 0.25) is 0 Å². The first-order chi connectivity index (χ1) is 17.4. The highest BCUT2D eigenvalue weighted by Gasteiger charge is 2.30. The van der Waals surface area contributed by atoms with Crippen LogP contribution in [-0.4, -0.2) is 42.1 Å². The summed E-state index contributed by atoms with van der Waals surface area (Å²) in [4.78, 5) is 10.9. The second-order valence-corrected chi connectivity index (χ2v) is 9.26. The van der Waals surface area contributed by atoms with Gasteiger partial charge < -0.3 is 29.0 Å². The first-order valence-corrected chi connectivity index (χ1v) is 12.0. The maximum atomic E-state index is 11.6. The molecular weight excluding hydrogens is 458 g/mol. The Balaban J connectivity index is 1.62. The fourth-order valence-corrected chi connectivity index (χ4v) is 5.20. The quantitative estimate of drug-likeness (QED) is 0.376. The summed E-state index contributed by atoms with van der Waals surface area (Å²) in [5, 5.41) is 20.6. The number of carbonyl (C=O) groups is 1. The smallest absolute Gasteiger partial charge is 0.328 e. The Morgan fingerprint density at radius 3 is 2.25 bits per heavy atom. The van der Waals surface area contributed by atoms with Crippen LogP contribution in [-0.2, 0) is 24.2 Å². The Morgan fingerprint density at radius 2 is 1.69 bits per heavy atom. The second kappa shape index (κ2) is 11.4. The van der Waals surface area contributed by atoms with Gasteiger partial charge in [0.15, 0.2) is 11.5 Å². The van der Waals surface area contributed by atoms with Crippen LogP contribution >= 0.6 is 0 Å². The molecule has 3 aromatic rings. The van der Waals surface area contributed by atoms with E-state index in [0.717, 1.165) is 30.9 Å². The molecule has 0 saturated heterocycles. The molecule has 1 aliphatic rings. The number of aliphatic hydroxyl groups excluding tert-OH is 1. The first-order valence-electron chi connectivity index (χ1n) is 12.0. The van der Waals surface area contributed by atoms with E-state index in [1.54, 1.807) is 39.5 Å². The molecule has 2 N–H and O–H groups in total. The molecule has 0 spiro atoms. The van der Waals surface area contributed by atoms with Gasteiger partial charge in [-0.1, -0.05) is 24.3 Å². The molecule has 7 nitrogen and oxygen atoms in total. The van der Waals surface area contributed by atoms with Gasteiger partial charge in [-0.25, -0.2) is 4.79 Å². The number of carboxylic acid groups (broad SMARTS) is 1. The maximum Gasteiger partial charge on any atom is 0.328 e. The minimum Gasteiger partial charge on any atom is -0.493 e. The number of hydrogen-bond acceptors (Lipinski definition) is 5. The molecule has 0 saturated carbocycles. The summed E-state index contributed by atoms with van der Waals surface area (Å²) in [5.74, 6) is 0.820. The van der Waals surface area contributed by atoms with Crippen molar-refractivity contribution in [2.24, 2.45) is 11.8 Å². The number of hydrogen-bond donors (Lipinski definition) is 2. The number of aromatic nitrogens is 1. The lowest BCUT2D eigenvalue weighted by Crippen LogP contribution is -2.22. The van der Waals surface area contributed by atoms with E-state index < -0.39 is 12.1 Å². The number of methoxy groups -OCH3 is 3. The van der Waals surface area contributed by atoms with Gasteiger partial charge in [-0.2, -0.15) is 0 Å². The van der Waals surface area contributed by atoms with Gasteiger partial charge in [0.1, 0.15) is 0 Å². The molecule has 0 amide bonds. The molecular formula is C29H33NO6. The van der Waals surface area contributed by atoms with Crippen molar-refractivity contribution in [1.29, 1.82) is 0 Å². The van der Waals surface area contributed by atoms with Gasteiger partial charge in [0.05, 0.1) is 27.4 Å². The van der Waals surface area contributed by atoms with E-state index in [2.05, 4.69) is 24.3 Å². The van der Waals surface area contributed by atoms with Crippen LogP contribution < -0.4 is 14.2 Å². The van der Waals surface area contributed by atoms with Crippen LogP contribution in [0.3, 0.4) is 0 Å². The van der Waals surface area contributed by atoms with Crippen LogP contribution in [0, 0.1) is 11.8 Å². The summed E-state index contributed by atoms with van der Waals surface area (Å²) in [6.45, 7) is 0.575. The Kier molecular flexibility index (Phi) is 8.00. The largest absolute Gasteiger partial charge is 0.493 e. The van der Waals surface area contributed by atoms with Gasteiger partial charge >= 0.3 is 5.97 Å². The summed E-state index contributed by atoms with van der Waals surface area (Å²) in [6, 6.07) is 14.0. The summed E-state index contributed by atoms with van der Waals surface area (Å²) in [6.07, 6.45) is 8.54. The van der Waals surface area contributed by atoms with Crippen molar-refractivity contribution < 1.29 is 29.2 Å². The third-order valence-corrected chi connectivity index (χ3v) is 6.88. The standard InChI is InChI=1S/C29H33NO6/c1-34-25-15-23(16-26(35-2)29(25)36-3)28(33)24(14-20-12-21-6-4-5-7-22(21)13-20)18-30-11-10-19(17-30)8-9-27(31)32/h4-11,15-17,20,24,28,33H,12-14,18H2,1-3H3,(H,31,32)/t24-,28+/m0/s1. The highest BCUT2D eigenvalue weighted by Crippen LogP contribution is 2.42. The molecule has 1 heterocycles. The fourth-order valence-electron chi connectivity index (χ4n) is 5.20. The van der Waals surface area contributed by atoms with E-state index >= 15 is 0 Å². The van der Waals surface area contributed by atoms with E-state index in [1.165, 1.54) is 11.1 Å². The normalized spacial score (nSPS) is 15.0. The van der Waals surface area contributed by atoms with Crippen LogP contribution in [0.1, 0.15) is 34.8 Å². The van der Waals surface area contributed by atoms with Crippen LogP contribution in [0.4, 0.5) is 0 Å². The first kappa shape index (κ1) is 25.4. The van der Waals surface area contributed by atoms with Crippen molar-refractivity contribution >= 4 is 12.0 Å². The third-order valence-electron chi connectivity index (χ3n) is 6.88. The van der Waals surface area contributed by atoms with Crippen molar-refractivity contribution in [3.05, 3.63) is 83.2 Å². The third kappa shape index (κ3) is 5.74. The predicted molar refractivity (Wildman–Crippen MR) is 138 cm³/mol. The minimum absolute atomic E-state index is 0.101. The number of aliphatic carboxylic acids is 1. The highest BCUT2D eigenvalue weighted by atomic mass is 16.5. The van der Waals surface area contributed by atoms with Gasteiger partial charge in [-0.05, 0) is 71.7 Å². The fraction of sp³-hybridized carbons (Fsp3) is 0.345. The van der Waals surface area contributed by atoms with Crippen molar-refractivity contribution in [1.82, 2.24) is 4.57 Å². The van der Waals surface area contributed by atoms with Crippen molar-refractivity contribution in [3.63, 3.8) is 0 Å². The second-order valence-electron chi connectivity index (χ2n) is 9.26. The molecule has 0 radical (unpaired) electrons. The lowest BCUT2D eigenvalue weighted by molar-refractivity contribution is -0.131. The van der Waals surface area contributed by atoms with Crippen molar-refractivity contribution in [3.8, 4) is 17.2 Å². The topological polar surface area (TPSA) is 90.2 Å². The van der Waals surface area contributed by atoms with Crippen molar-refractivity contribution in [2.75, 3.05) is 21.3 Å². The lowest BCUT2D eigenvalue weighted by Gasteiger charge is -2.27. The zero-order valence-corrected chi connectivity index (χ0v) is 20.9. The van der Waals surface area contributed by atoms with E-state index in [1.807, 2.05) is 23.0 Å². The number of rotatable bonds is 11. The summed E-state index contributed by atoms with van der Waals surface area (Å²) < 4.78 is 18.5. The molecule has 36 heavy (non-hydrogen) atoms. The number of aliphatic hydroxyl groups is 1. The van der Waals surface area contributed by atoms with E-state index in [0.29, 0.717) is 35.3 Å². The van der Waals surface area contributed by atoms with Gasteiger partial charge in [-0.3, -0.25) is 0 Å². The molecule has 0 bridgehead atoms. The lowest BCUT2D eigenvalue weighted by atomic mass is 9.85. The molecule has 7 heteroatoms. The molecule has 2 aromatic carbocycles. The van der Waals surface area contributed by atoms with Crippen molar-refractivity contribution in [2.45, 2.75) is 31.9 Å². The van der Waals surface area contributed by atoms with Gasteiger partial charge in [0, 0.05) is 30.9 Å². The number of ether oxygens (including phenoxy) is 3. The average molecular weight is 492 g/mol. The Bertz CT molecular complexity index is 1180. The number of carboxylic acids is 1. The molecule has 1 aliphatic carbocycles. The zero-order chi connectivity index (χ0) is 25.7. The monoisotopic (exact) mass is 491 g/mol. The minimum atomic E-state index is -0.987. The molecule has 0 unspecified atom stereocenters. The number of fused-ring (bicyclic) bond motifs is 1. The van der Waals surface area contributed by atoms with Gasteiger partial charge in [0.2, 0.25) is 5.75 Å². The van der Waals surface area contributed by atoms with Gasteiger partial charge in [0.25, 0.3) is 0 Å². The zero-order valence-electron chi connectivity index (χ0n) is 20.9. The highest BCUT2D eigenvalue weighted by molar-refractivity contribution is 5.85. The van der Waals surface area contributed by atoms with Crippen LogP contribution in [0.5, 0.6) is 17.2 Å². The molecule has 190 valence electrons. The predicted octanol–water partition coefficient (Wildman–Crippen LogP) is 4.77. The van der Waals surface area contributed by atoms with Gasteiger partial charge in [-0.15, -0.1) is 0 Å².